The van der Waals surface area contributed by atoms with Crippen LogP contribution in [-0.2, 0) is 6.42 Å². The van der Waals surface area contributed by atoms with E-state index in [0.29, 0.717) is 4.83 Å². The van der Waals surface area contributed by atoms with Gasteiger partial charge in [-0.25, -0.2) is 8.78 Å². The molecule has 14 heavy (non-hydrogen) atoms. The number of rotatable bonds is 3. The number of halogens is 3. The minimum absolute atomic E-state index is 0.410. The SMILES string of the molecule is Fc1ccc(CC(Br)C2CC2)cc1F. The molecule has 1 fully saturated rings. The Morgan fingerprint density at radius 3 is 2.57 bits per heavy atom. The molecule has 0 spiro atoms. The lowest BCUT2D eigenvalue weighted by Crippen LogP contribution is -2.05. The highest BCUT2D eigenvalue weighted by Crippen LogP contribution is 2.38. The topological polar surface area (TPSA) is 0 Å². The fraction of sp³-hybridized carbons (Fsp3) is 0.455. The van der Waals surface area contributed by atoms with Gasteiger partial charge in [0, 0.05) is 4.83 Å². The summed E-state index contributed by atoms with van der Waals surface area (Å²) in [5.74, 6) is -0.799. The van der Waals surface area contributed by atoms with Crippen molar-refractivity contribution in [1.82, 2.24) is 0 Å². The van der Waals surface area contributed by atoms with E-state index < -0.39 is 11.6 Å². The second kappa shape index (κ2) is 3.97. The van der Waals surface area contributed by atoms with E-state index in [4.69, 9.17) is 0 Å². The van der Waals surface area contributed by atoms with Crippen LogP contribution in [0.25, 0.3) is 0 Å². The molecule has 3 heteroatoms. The third-order valence-corrected chi connectivity index (χ3v) is 3.62. The van der Waals surface area contributed by atoms with Gasteiger partial charge in [0.2, 0.25) is 0 Å². The van der Waals surface area contributed by atoms with E-state index in [0.717, 1.165) is 17.9 Å². The van der Waals surface area contributed by atoms with Crippen molar-refractivity contribution in [3.63, 3.8) is 0 Å². The van der Waals surface area contributed by atoms with Gasteiger partial charge in [-0.3, -0.25) is 0 Å². The molecule has 0 bridgehead atoms. The number of alkyl halides is 1. The molecule has 1 aromatic carbocycles. The van der Waals surface area contributed by atoms with E-state index >= 15 is 0 Å². The Balaban J connectivity index is 2.04. The van der Waals surface area contributed by atoms with E-state index in [2.05, 4.69) is 15.9 Å². The van der Waals surface area contributed by atoms with Crippen LogP contribution >= 0.6 is 15.9 Å². The first-order chi connectivity index (χ1) is 6.66. The number of hydrogen-bond acceptors (Lipinski definition) is 0. The molecule has 0 N–H and O–H groups in total. The van der Waals surface area contributed by atoms with Crippen LogP contribution < -0.4 is 0 Å². The first-order valence-electron chi connectivity index (χ1n) is 4.75. The Hall–Kier alpha value is -0.440. The Labute approximate surface area is 90.4 Å². The number of benzene rings is 1. The predicted molar refractivity (Wildman–Crippen MR) is 55.5 cm³/mol. The Morgan fingerprint density at radius 2 is 2.00 bits per heavy atom. The van der Waals surface area contributed by atoms with Crippen molar-refractivity contribution in [3.05, 3.63) is 35.4 Å². The highest BCUT2D eigenvalue weighted by atomic mass is 79.9. The molecule has 1 aliphatic carbocycles. The second-order valence-corrected chi connectivity index (χ2v) is 4.98. The van der Waals surface area contributed by atoms with Crippen LogP contribution in [0.3, 0.4) is 0 Å². The van der Waals surface area contributed by atoms with E-state index in [1.165, 1.54) is 25.0 Å². The Morgan fingerprint density at radius 1 is 1.29 bits per heavy atom. The summed E-state index contributed by atoms with van der Waals surface area (Å²) in [7, 11) is 0. The molecule has 0 saturated heterocycles. The zero-order valence-corrected chi connectivity index (χ0v) is 9.23. The molecule has 0 nitrogen and oxygen atoms in total. The maximum absolute atomic E-state index is 12.9. The van der Waals surface area contributed by atoms with E-state index in [1.54, 1.807) is 6.07 Å². The van der Waals surface area contributed by atoms with E-state index in [9.17, 15) is 8.78 Å². The standard InChI is InChI=1S/C11H11BrF2/c12-9(8-2-3-8)5-7-1-4-10(13)11(14)6-7/h1,4,6,8-9H,2-3,5H2. The highest BCUT2D eigenvalue weighted by Gasteiger charge is 2.29. The predicted octanol–water partition coefficient (Wildman–Crippen LogP) is 3.68. The minimum Gasteiger partial charge on any atom is -0.204 e. The molecule has 1 atom stereocenters. The smallest absolute Gasteiger partial charge is 0.159 e. The maximum Gasteiger partial charge on any atom is 0.159 e. The zero-order valence-electron chi connectivity index (χ0n) is 7.64. The summed E-state index contributed by atoms with van der Waals surface area (Å²) in [4.78, 5) is 0.410. The molecule has 0 aliphatic heterocycles. The van der Waals surface area contributed by atoms with Crippen LogP contribution in [0.1, 0.15) is 18.4 Å². The van der Waals surface area contributed by atoms with Gasteiger partial charge in [0.05, 0.1) is 0 Å². The van der Waals surface area contributed by atoms with Crippen molar-refractivity contribution in [1.29, 1.82) is 0 Å². The normalized spacial score (nSPS) is 18.2. The summed E-state index contributed by atoms with van der Waals surface area (Å²) in [6.45, 7) is 0. The van der Waals surface area contributed by atoms with Gasteiger partial charge < -0.3 is 0 Å². The van der Waals surface area contributed by atoms with Gasteiger partial charge in [0.1, 0.15) is 0 Å². The largest absolute Gasteiger partial charge is 0.204 e. The summed E-state index contributed by atoms with van der Waals surface area (Å²) < 4.78 is 25.5. The van der Waals surface area contributed by atoms with Gasteiger partial charge in [-0.2, -0.15) is 0 Å². The molecule has 0 heterocycles. The van der Waals surface area contributed by atoms with Crippen LogP contribution in [0.2, 0.25) is 0 Å². The van der Waals surface area contributed by atoms with Crippen molar-refractivity contribution >= 4 is 15.9 Å². The van der Waals surface area contributed by atoms with Crippen LogP contribution in [0.5, 0.6) is 0 Å². The molecule has 1 aliphatic rings. The van der Waals surface area contributed by atoms with Crippen molar-refractivity contribution in [2.24, 2.45) is 5.92 Å². The van der Waals surface area contributed by atoms with E-state index in [1.807, 2.05) is 0 Å². The third kappa shape index (κ3) is 2.32. The summed E-state index contributed by atoms with van der Waals surface area (Å²) >= 11 is 3.57. The molecule has 76 valence electrons. The molecular formula is C11H11BrF2. The average molecular weight is 261 g/mol. The van der Waals surface area contributed by atoms with Crippen LogP contribution in [0.15, 0.2) is 18.2 Å². The maximum atomic E-state index is 12.9. The first-order valence-corrected chi connectivity index (χ1v) is 5.66. The first kappa shape index (κ1) is 10.1. The molecule has 1 aromatic rings. The third-order valence-electron chi connectivity index (χ3n) is 2.55. The summed E-state index contributed by atoms with van der Waals surface area (Å²) in [6, 6.07) is 4.12. The molecule has 0 aromatic heterocycles. The lowest BCUT2D eigenvalue weighted by Gasteiger charge is -2.07. The van der Waals surface area contributed by atoms with Gasteiger partial charge >= 0.3 is 0 Å². The lowest BCUT2D eigenvalue weighted by molar-refractivity contribution is 0.506. The van der Waals surface area contributed by atoms with Crippen molar-refractivity contribution in [2.45, 2.75) is 24.1 Å². The fourth-order valence-corrected chi connectivity index (χ4v) is 2.42. The highest BCUT2D eigenvalue weighted by molar-refractivity contribution is 9.09. The molecule has 0 amide bonds. The monoisotopic (exact) mass is 260 g/mol. The van der Waals surface area contributed by atoms with Crippen molar-refractivity contribution < 1.29 is 8.78 Å². The Kier molecular flexibility index (Phi) is 2.86. The van der Waals surface area contributed by atoms with Crippen molar-refractivity contribution in [3.8, 4) is 0 Å². The van der Waals surface area contributed by atoms with Crippen LogP contribution in [0.4, 0.5) is 8.78 Å². The molecule has 1 saturated carbocycles. The quantitative estimate of drug-likeness (QED) is 0.728. The summed E-state index contributed by atoms with van der Waals surface area (Å²) in [5.41, 5.74) is 0.859. The molecule has 1 unspecified atom stereocenters. The summed E-state index contributed by atoms with van der Waals surface area (Å²) in [6.07, 6.45) is 3.28. The molecular weight excluding hydrogens is 250 g/mol. The number of hydrogen-bond donors (Lipinski definition) is 0. The molecule has 0 radical (unpaired) electrons. The average Bonchev–Trinajstić information content (AvgIpc) is 2.94. The minimum atomic E-state index is -0.772. The van der Waals surface area contributed by atoms with Gasteiger partial charge in [0.25, 0.3) is 0 Å². The fourth-order valence-electron chi connectivity index (χ4n) is 1.52. The van der Waals surface area contributed by atoms with Gasteiger partial charge in [-0.05, 0) is 42.9 Å². The van der Waals surface area contributed by atoms with Gasteiger partial charge in [-0.1, -0.05) is 22.0 Å². The van der Waals surface area contributed by atoms with Crippen LogP contribution in [-0.4, -0.2) is 4.83 Å². The lowest BCUT2D eigenvalue weighted by atomic mass is 10.1. The molecule has 2 rings (SSSR count). The second-order valence-electron chi connectivity index (χ2n) is 3.81. The van der Waals surface area contributed by atoms with Gasteiger partial charge in [0.15, 0.2) is 11.6 Å². The Bertz CT molecular complexity index is 334. The zero-order chi connectivity index (χ0) is 10.1. The van der Waals surface area contributed by atoms with E-state index in [-0.39, 0.29) is 0 Å². The van der Waals surface area contributed by atoms with Gasteiger partial charge in [-0.15, -0.1) is 0 Å². The summed E-state index contributed by atoms with van der Waals surface area (Å²) in [5, 5.41) is 0. The van der Waals surface area contributed by atoms with Crippen molar-refractivity contribution in [2.75, 3.05) is 0 Å². The van der Waals surface area contributed by atoms with Crippen LogP contribution in [0, 0.1) is 17.6 Å².